The first-order chi connectivity index (χ1) is 8.71. The lowest BCUT2D eigenvalue weighted by molar-refractivity contribution is 0.198. The van der Waals surface area contributed by atoms with E-state index >= 15 is 0 Å². The highest BCUT2D eigenvalue weighted by atomic mass is 16.5. The molecular weight excluding hydrogens is 228 g/mol. The van der Waals surface area contributed by atoms with Crippen LogP contribution in [0.15, 0.2) is 6.07 Å². The van der Waals surface area contributed by atoms with Crippen LogP contribution in [-0.4, -0.2) is 43.3 Å². The van der Waals surface area contributed by atoms with Gasteiger partial charge in [0, 0.05) is 39.4 Å². The summed E-state index contributed by atoms with van der Waals surface area (Å²) in [5, 5.41) is 3.31. The minimum absolute atomic E-state index is 0.764. The number of anilines is 2. The van der Waals surface area contributed by atoms with Gasteiger partial charge in [0.15, 0.2) is 0 Å². The summed E-state index contributed by atoms with van der Waals surface area (Å²) in [4.78, 5) is 11.1. The predicted octanol–water partition coefficient (Wildman–Crippen LogP) is 2.08. The summed E-state index contributed by atoms with van der Waals surface area (Å²) in [5.41, 5.74) is 0. The van der Waals surface area contributed by atoms with Gasteiger partial charge >= 0.3 is 0 Å². The molecule has 5 heteroatoms. The van der Waals surface area contributed by atoms with Crippen molar-refractivity contribution in [1.29, 1.82) is 0 Å². The molecule has 0 radical (unpaired) electrons. The molecule has 0 amide bonds. The van der Waals surface area contributed by atoms with E-state index in [2.05, 4.69) is 34.0 Å². The van der Waals surface area contributed by atoms with Gasteiger partial charge in [0.05, 0.1) is 0 Å². The van der Waals surface area contributed by atoms with Crippen LogP contribution in [0.4, 0.5) is 11.6 Å². The minimum atomic E-state index is 0.764. The molecule has 1 N–H and O–H groups in total. The van der Waals surface area contributed by atoms with Gasteiger partial charge < -0.3 is 15.0 Å². The molecule has 0 saturated heterocycles. The van der Waals surface area contributed by atoms with Gasteiger partial charge in [-0.2, -0.15) is 0 Å². The Bertz CT molecular complexity index is 353. The maximum atomic E-state index is 5.02. The van der Waals surface area contributed by atoms with Crippen LogP contribution in [0.1, 0.15) is 26.1 Å². The molecule has 1 heterocycles. The number of aryl methyl sites for hydroxylation is 1. The van der Waals surface area contributed by atoms with Gasteiger partial charge in [0.2, 0.25) is 0 Å². The topological polar surface area (TPSA) is 50.3 Å². The van der Waals surface area contributed by atoms with E-state index in [0.717, 1.165) is 50.1 Å². The van der Waals surface area contributed by atoms with Crippen molar-refractivity contribution in [1.82, 2.24) is 9.97 Å². The van der Waals surface area contributed by atoms with Gasteiger partial charge in [-0.25, -0.2) is 9.97 Å². The van der Waals surface area contributed by atoms with Crippen molar-refractivity contribution in [3.05, 3.63) is 11.9 Å². The summed E-state index contributed by atoms with van der Waals surface area (Å²) in [6.07, 6.45) is 0.972. The van der Waals surface area contributed by atoms with Crippen molar-refractivity contribution in [3.63, 3.8) is 0 Å². The molecule has 0 aliphatic heterocycles. The molecular formula is C13H24N4O. The van der Waals surface area contributed by atoms with Crippen molar-refractivity contribution in [3.8, 4) is 0 Å². The fraction of sp³-hybridized carbons (Fsp3) is 0.692. The fourth-order valence-corrected chi connectivity index (χ4v) is 1.79. The Morgan fingerprint density at radius 1 is 1.28 bits per heavy atom. The van der Waals surface area contributed by atoms with E-state index in [1.54, 1.807) is 7.11 Å². The van der Waals surface area contributed by atoms with E-state index < -0.39 is 0 Å². The number of ether oxygens (including phenoxy) is 1. The average Bonchev–Trinajstić information content (AvgIpc) is 2.36. The van der Waals surface area contributed by atoms with Crippen LogP contribution in [-0.2, 0) is 4.74 Å². The Labute approximate surface area is 110 Å². The summed E-state index contributed by atoms with van der Waals surface area (Å²) < 4.78 is 5.02. The maximum Gasteiger partial charge on any atom is 0.134 e. The molecule has 1 aromatic rings. The molecule has 0 saturated carbocycles. The molecule has 0 bridgehead atoms. The second-order valence-corrected chi connectivity index (χ2v) is 4.10. The fourth-order valence-electron chi connectivity index (χ4n) is 1.79. The third-order valence-corrected chi connectivity index (χ3v) is 2.74. The third-order valence-electron chi connectivity index (χ3n) is 2.74. The zero-order chi connectivity index (χ0) is 13.4. The Balaban J connectivity index is 2.68. The van der Waals surface area contributed by atoms with Crippen LogP contribution >= 0.6 is 0 Å². The van der Waals surface area contributed by atoms with Crippen molar-refractivity contribution < 1.29 is 4.74 Å². The number of nitrogens with one attached hydrogen (secondary N) is 1. The van der Waals surface area contributed by atoms with Crippen LogP contribution in [0, 0.1) is 6.92 Å². The Morgan fingerprint density at radius 2 is 2.00 bits per heavy atom. The SMILES string of the molecule is CCN(CC)c1cc(NCCCOC)nc(C)n1. The lowest BCUT2D eigenvalue weighted by atomic mass is 10.4. The highest BCUT2D eigenvalue weighted by Gasteiger charge is 2.06. The van der Waals surface area contributed by atoms with Crippen LogP contribution in [0.25, 0.3) is 0 Å². The lowest BCUT2D eigenvalue weighted by Crippen LogP contribution is -2.23. The van der Waals surface area contributed by atoms with E-state index in [1.165, 1.54) is 0 Å². The number of methoxy groups -OCH3 is 1. The normalized spacial score (nSPS) is 10.4. The van der Waals surface area contributed by atoms with Crippen molar-refractivity contribution in [2.24, 2.45) is 0 Å². The molecule has 1 rings (SSSR count). The Morgan fingerprint density at radius 3 is 2.61 bits per heavy atom. The molecule has 5 nitrogen and oxygen atoms in total. The first-order valence-corrected chi connectivity index (χ1v) is 6.54. The lowest BCUT2D eigenvalue weighted by Gasteiger charge is -2.20. The standard InChI is InChI=1S/C13H24N4O/c1-5-17(6-2)13-10-12(15-11(3)16-13)14-8-7-9-18-4/h10H,5-9H2,1-4H3,(H,14,15,16). The number of hydrogen-bond donors (Lipinski definition) is 1. The molecule has 0 fully saturated rings. The summed E-state index contributed by atoms with van der Waals surface area (Å²) in [6.45, 7) is 9.72. The van der Waals surface area contributed by atoms with Gasteiger partial charge in [-0.3, -0.25) is 0 Å². The molecule has 1 aromatic heterocycles. The summed E-state index contributed by atoms with van der Waals surface area (Å²) in [7, 11) is 1.72. The molecule has 0 aliphatic carbocycles. The number of aromatic nitrogens is 2. The smallest absolute Gasteiger partial charge is 0.134 e. The second kappa shape index (κ2) is 7.87. The van der Waals surface area contributed by atoms with Crippen LogP contribution in [0.5, 0.6) is 0 Å². The third kappa shape index (κ3) is 4.49. The monoisotopic (exact) mass is 252 g/mol. The number of nitrogens with zero attached hydrogens (tertiary/aromatic N) is 3. The van der Waals surface area contributed by atoms with Crippen LogP contribution in [0.2, 0.25) is 0 Å². The number of hydrogen-bond acceptors (Lipinski definition) is 5. The number of rotatable bonds is 8. The summed E-state index contributed by atoms with van der Waals surface area (Å²) in [6, 6.07) is 2.01. The van der Waals surface area contributed by atoms with E-state index in [9.17, 15) is 0 Å². The van der Waals surface area contributed by atoms with Gasteiger partial charge in [-0.1, -0.05) is 0 Å². The zero-order valence-corrected chi connectivity index (χ0v) is 11.9. The molecule has 0 atom stereocenters. The first kappa shape index (κ1) is 14.7. The first-order valence-electron chi connectivity index (χ1n) is 6.54. The molecule has 0 unspecified atom stereocenters. The molecule has 0 aliphatic rings. The van der Waals surface area contributed by atoms with Crippen LogP contribution in [0.3, 0.4) is 0 Å². The Hall–Kier alpha value is -1.36. The summed E-state index contributed by atoms with van der Waals surface area (Å²) >= 11 is 0. The van der Waals surface area contributed by atoms with Crippen LogP contribution < -0.4 is 10.2 Å². The molecule has 0 spiro atoms. The van der Waals surface area contributed by atoms with E-state index in [4.69, 9.17) is 4.74 Å². The highest BCUT2D eigenvalue weighted by Crippen LogP contribution is 2.15. The van der Waals surface area contributed by atoms with Crippen molar-refractivity contribution >= 4 is 11.6 Å². The van der Waals surface area contributed by atoms with Crippen molar-refractivity contribution in [2.75, 3.05) is 43.6 Å². The van der Waals surface area contributed by atoms with Gasteiger partial charge in [0.25, 0.3) is 0 Å². The average molecular weight is 252 g/mol. The quantitative estimate of drug-likeness (QED) is 0.718. The summed E-state index contributed by atoms with van der Waals surface area (Å²) in [5.74, 6) is 2.68. The van der Waals surface area contributed by atoms with Gasteiger partial charge in [0.1, 0.15) is 17.5 Å². The van der Waals surface area contributed by atoms with E-state index in [-0.39, 0.29) is 0 Å². The second-order valence-electron chi connectivity index (χ2n) is 4.10. The maximum absolute atomic E-state index is 5.02. The van der Waals surface area contributed by atoms with Gasteiger partial charge in [-0.05, 0) is 27.2 Å². The van der Waals surface area contributed by atoms with Gasteiger partial charge in [-0.15, -0.1) is 0 Å². The van der Waals surface area contributed by atoms with E-state index in [1.807, 2.05) is 13.0 Å². The van der Waals surface area contributed by atoms with Crippen molar-refractivity contribution in [2.45, 2.75) is 27.2 Å². The predicted molar refractivity (Wildman–Crippen MR) is 75.3 cm³/mol. The Kier molecular flexibility index (Phi) is 6.43. The zero-order valence-electron chi connectivity index (χ0n) is 11.9. The van der Waals surface area contributed by atoms with E-state index in [0.29, 0.717) is 0 Å². The molecule has 0 aromatic carbocycles. The molecule has 102 valence electrons. The minimum Gasteiger partial charge on any atom is -0.385 e. The largest absolute Gasteiger partial charge is 0.385 e. The molecule has 18 heavy (non-hydrogen) atoms. The highest BCUT2D eigenvalue weighted by molar-refractivity contribution is 5.49.